The molecule has 3 aromatic rings. The molecule has 154 valence electrons. The van der Waals surface area contributed by atoms with Crippen LogP contribution in [0.2, 0.25) is 0 Å². The van der Waals surface area contributed by atoms with E-state index < -0.39 is 17.8 Å². The zero-order valence-corrected chi connectivity index (χ0v) is 15.8. The van der Waals surface area contributed by atoms with Crippen molar-refractivity contribution >= 4 is 11.7 Å². The molecule has 0 unspecified atom stereocenters. The van der Waals surface area contributed by atoms with Crippen LogP contribution in [0.1, 0.15) is 17.4 Å². The van der Waals surface area contributed by atoms with Crippen molar-refractivity contribution in [1.29, 1.82) is 0 Å². The Balaban J connectivity index is 1.74. The molecule has 2 N–H and O–H groups in total. The molecule has 2 heterocycles. The van der Waals surface area contributed by atoms with Crippen molar-refractivity contribution in [2.75, 3.05) is 26.0 Å². The van der Waals surface area contributed by atoms with Gasteiger partial charge in [-0.05, 0) is 50.5 Å². The van der Waals surface area contributed by atoms with E-state index in [2.05, 4.69) is 15.7 Å². The Labute approximate surface area is 165 Å². The second-order valence-electron chi connectivity index (χ2n) is 6.51. The number of furan rings is 1. The first kappa shape index (κ1) is 20.5. The lowest BCUT2D eigenvalue weighted by Crippen LogP contribution is -2.37. The second-order valence-corrected chi connectivity index (χ2v) is 6.51. The highest BCUT2D eigenvalue weighted by molar-refractivity contribution is 5.90. The number of carbonyl (C=O) groups excluding carboxylic acids is 1. The quantitative estimate of drug-likeness (QED) is 0.650. The molecular weight excluding hydrogens is 387 g/mol. The zero-order valence-electron chi connectivity index (χ0n) is 15.8. The van der Waals surface area contributed by atoms with Crippen LogP contribution < -0.4 is 10.6 Å². The van der Waals surface area contributed by atoms with E-state index in [-0.39, 0.29) is 24.0 Å². The van der Waals surface area contributed by atoms with Gasteiger partial charge in [-0.25, -0.2) is 9.48 Å². The third kappa shape index (κ3) is 4.96. The molecule has 0 fully saturated rings. The average Bonchev–Trinajstić information content (AvgIpc) is 3.35. The Morgan fingerprint density at radius 2 is 2.07 bits per heavy atom. The fourth-order valence-corrected chi connectivity index (χ4v) is 2.81. The molecule has 0 aliphatic heterocycles. The summed E-state index contributed by atoms with van der Waals surface area (Å²) in [5.41, 5.74) is -1.07. The van der Waals surface area contributed by atoms with Gasteiger partial charge in [0.05, 0.1) is 29.2 Å². The van der Waals surface area contributed by atoms with E-state index in [4.69, 9.17) is 4.42 Å². The Morgan fingerprint density at radius 1 is 1.28 bits per heavy atom. The molecule has 0 saturated heterocycles. The average molecular weight is 407 g/mol. The predicted octanol–water partition coefficient (Wildman–Crippen LogP) is 3.91. The molecule has 0 saturated carbocycles. The van der Waals surface area contributed by atoms with E-state index in [1.54, 1.807) is 18.2 Å². The molecule has 0 bridgehead atoms. The van der Waals surface area contributed by atoms with Gasteiger partial charge in [0, 0.05) is 18.9 Å². The van der Waals surface area contributed by atoms with Crippen LogP contribution in [0.25, 0.3) is 5.69 Å². The summed E-state index contributed by atoms with van der Waals surface area (Å²) in [6.45, 7) is 0.152. The van der Waals surface area contributed by atoms with Crippen molar-refractivity contribution in [1.82, 2.24) is 20.0 Å². The van der Waals surface area contributed by atoms with Gasteiger partial charge in [0.2, 0.25) is 0 Å². The molecule has 1 atom stereocenters. The van der Waals surface area contributed by atoms with Gasteiger partial charge in [-0.1, -0.05) is 0 Å². The van der Waals surface area contributed by atoms with Gasteiger partial charge in [0.15, 0.2) is 0 Å². The predicted molar refractivity (Wildman–Crippen MR) is 101 cm³/mol. The molecule has 29 heavy (non-hydrogen) atoms. The number of hydrogen-bond acceptors (Lipinski definition) is 4. The Bertz CT molecular complexity index is 937. The number of aromatic nitrogens is 2. The first-order valence-electron chi connectivity index (χ1n) is 8.71. The molecule has 10 heteroatoms. The highest BCUT2D eigenvalue weighted by Crippen LogP contribution is 2.36. The van der Waals surface area contributed by atoms with Gasteiger partial charge < -0.3 is 15.1 Å². The summed E-state index contributed by atoms with van der Waals surface area (Å²) in [6.07, 6.45) is -0.132. The fourth-order valence-electron chi connectivity index (χ4n) is 2.81. The Morgan fingerprint density at radius 3 is 2.66 bits per heavy atom. The summed E-state index contributed by atoms with van der Waals surface area (Å²) < 4.78 is 47.2. The van der Waals surface area contributed by atoms with Crippen molar-refractivity contribution in [3.05, 3.63) is 66.4 Å². The fraction of sp³-hybridized carbons (Fsp3) is 0.263. The van der Waals surface area contributed by atoms with E-state index in [0.29, 0.717) is 5.76 Å². The third-order valence-electron chi connectivity index (χ3n) is 4.28. The topological polar surface area (TPSA) is 75.3 Å². The molecule has 0 aliphatic rings. The second kappa shape index (κ2) is 8.39. The third-order valence-corrected chi connectivity index (χ3v) is 4.28. The molecule has 3 rings (SSSR count). The maximum Gasteiger partial charge on any atom is 0.418 e. The van der Waals surface area contributed by atoms with Crippen LogP contribution in [0.5, 0.6) is 0 Å². The van der Waals surface area contributed by atoms with Crippen LogP contribution in [-0.4, -0.2) is 41.4 Å². The summed E-state index contributed by atoms with van der Waals surface area (Å²) in [4.78, 5) is 14.1. The summed E-state index contributed by atoms with van der Waals surface area (Å²) in [5.74, 6) is 0.634. The summed E-state index contributed by atoms with van der Waals surface area (Å²) in [7, 11) is 3.62. The lowest BCUT2D eigenvalue weighted by atomic mass is 10.1. The van der Waals surface area contributed by atoms with Crippen LogP contribution in [0.15, 0.2) is 59.5 Å². The number of alkyl halides is 3. The van der Waals surface area contributed by atoms with Crippen molar-refractivity contribution in [2.45, 2.75) is 12.2 Å². The number of rotatable bonds is 6. The van der Waals surface area contributed by atoms with E-state index in [9.17, 15) is 18.0 Å². The minimum atomic E-state index is -4.65. The van der Waals surface area contributed by atoms with Gasteiger partial charge in [-0.15, -0.1) is 0 Å². The lowest BCUT2D eigenvalue weighted by molar-refractivity contribution is -0.136. The van der Waals surface area contributed by atoms with Gasteiger partial charge in [0.25, 0.3) is 0 Å². The van der Waals surface area contributed by atoms with E-state index in [1.807, 2.05) is 19.0 Å². The summed E-state index contributed by atoms with van der Waals surface area (Å²) in [6, 6.07) is 7.67. The number of likely N-dealkylation sites (N-methyl/N-ethyl adjacent to an activating group) is 1. The van der Waals surface area contributed by atoms with Crippen LogP contribution in [-0.2, 0) is 6.18 Å². The molecule has 0 aliphatic carbocycles. The lowest BCUT2D eigenvalue weighted by Gasteiger charge is -2.23. The number of nitrogens with one attached hydrogen (secondary N) is 2. The number of hydrogen-bond donors (Lipinski definition) is 2. The van der Waals surface area contributed by atoms with Crippen LogP contribution >= 0.6 is 0 Å². The van der Waals surface area contributed by atoms with Gasteiger partial charge in [-0.2, -0.15) is 18.3 Å². The van der Waals surface area contributed by atoms with Crippen molar-refractivity contribution in [2.24, 2.45) is 0 Å². The maximum absolute atomic E-state index is 13.5. The van der Waals surface area contributed by atoms with Crippen LogP contribution in [0, 0.1) is 0 Å². The monoisotopic (exact) mass is 407 g/mol. The number of nitrogens with zero attached hydrogens (tertiary/aromatic N) is 3. The number of carbonyl (C=O) groups is 1. The molecular formula is C19H20F3N5O2. The number of benzene rings is 1. The normalized spacial score (nSPS) is 12.8. The molecule has 2 amide bonds. The number of amides is 2. The van der Waals surface area contributed by atoms with Crippen molar-refractivity contribution < 1.29 is 22.4 Å². The van der Waals surface area contributed by atoms with Gasteiger partial charge >= 0.3 is 12.2 Å². The Kier molecular flexibility index (Phi) is 5.92. The SMILES string of the molecule is CN(C)[C@@H](CNC(=O)Nc1ccc(-n2cccn2)cc1C(F)(F)F)c1ccco1. The van der Waals surface area contributed by atoms with Crippen molar-refractivity contribution in [3.8, 4) is 5.69 Å². The van der Waals surface area contributed by atoms with Crippen LogP contribution in [0.3, 0.4) is 0 Å². The number of anilines is 1. The minimum absolute atomic E-state index is 0.152. The molecule has 1 aromatic carbocycles. The summed E-state index contributed by atoms with van der Waals surface area (Å²) in [5, 5.41) is 8.79. The Hall–Kier alpha value is -3.27. The minimum Gasteiger partial charge on any atom is -0.468 e. The van der Waals surface area contributed by atoms with E-state index in [0.717, 1.165) is 6.07 Å². The number of halogens is 3. The van der Waals surface area contributed by atoms with E-state index >= 15 is 0 Å². The van der Waals surface area contributed by atoms with Gasteiger partial charge in [0.1, 0.15) is 5.76 Å². The first-order valence-corrected chi connectivity index (χ1v) is 8.71. The molecule has 0 spiro atoms. The molecule has 7 nitrogen and oxygen atoms in total. The van der Waals surface area contributed by atoms with Gasteiger partial charge in [-0.3, -0.25) is 4.90 Å². The molecule has 2 aromatic heterocycles. The van der Waals surface area contributed by atoms with Crippen LogP contribution in [0.4, 0.5) is 23.7 Å². The molecule has 0 radical (unpaired) electrons. The van der Waals surface area contributed by atoms with E-state index in [1.165, 1.54) is 35.5 Å². The largest absolute Gasteiger partial charge is 0.468 e. The maximum atomic E-state index is 13.5. The highest BCUT2D eigenvalue weighted by atomic mass is 19.4. The zero-order chi connectivity index (χ0) is 21.0. The highest BCUT2D eigenvalue weighted by Gasteiger charge is 2.34. The number of urea groups is 1. The standard InChI is InChI=1S/C19H20F3N5O2/c1-26(2)16(17-5-3-10-29-17)12-23-18(28)25-15-7-6-13(27-9-4-8-24-27)11-14(15)19(20,21)22/h3-11,16H,12H2,1-2H3,(H2,23,25,28)/t16-/m0/s1. The van der Waals surface area contributed by atoms with Crippen molar-refractivity contribution in [3.63, 3.8) is 0 Å². The smallest absolute Gasteiger partial charge is 0.418 e. The first-order chi connectivity index (χ1) is 13.8. The summed E-state index contributed by atoms with van der Waals surface area (Å²) >= 11 is 0.